The summed E-state index contributed by atoms with van der Waals surface area (Å²) < 4.78 is 7.18. The lowest BCUT2D eigenvalue weighted by Gasteiger charge is -2.44. The van der Waals surface area contributed by atoms with Gasteiger partial charge in [0.2, 0.25) is 0 Å². The molecule has 5 rings (SSSR count). The molecule has 3 aromatic rings. The summed E-state index contributed by atoms with van der Waals surface area (Å²) in [5.41, 5.74) is 3.75. The van der Waals surface area contributed by atoms with Crippen LogP contribution in [-0.2, 0) is 11.4 Å². The molecule has 6 nitrogen and oxygen atoms in total. The molecule has 3 aromatic carbocycles. The molecule has 2 aliphatic heterocycles. The van der Waals surface area contributed by atoms with E-state index in [9.17, 15) is 4.79 Å². The number of hydrazone groups is 1. The zero-order valence-corrected chi connectivity index (χ0v) is 20.7. The van der Waals surface area contributed by atoms with E-state index >= 15 is 0 Å². The van der Waals surface area contributed by atoms with Crippen LogP contribution in [0.4, 0.5) is 5.69 Å². The molecule has 0 unspecified atom stereocenters. The second-order valence-corrected chi connectivity index (χ2v) is 9.79. The molecule has 0 spiro atoms. The van der Waals surface area contributed by atoms with Crippen LogP contribution in [0.15, 0.2) is 95.0 Å². The monoisotopic (exact) mass is 534 g/mol. The highest BCUT2D eigenvalue weighted by Gasteiger charge is 2.42. The molecule has 0 fully saturated rings. The first-order valence-corrected chi connectivity index (χ1v) is 12.6. The van der Waals surface area contributed by atoms with Crippen molar-refractivity contribution in [2.24, 2.45) is 5.10 Å². The number of thioether (sulfide) groups is 1. The van der Waals surface area contributed by atoms with E-state index in [0.717, 1.165) is 32.6 Å². The second kappa shape index (κ2) is 9.95. The fourth-order valence-electron chi connectivity index (χ4n) is 4.08. The van der Waals surface area contributed by atoms with Gasteiger partial charge in [-0.3, -0.25) is 9.80 Å². The molecule has 0 radical (unpaired) electrons. The number of carbonyl (C=O) groups excluding carboxylic acids is 1. The molecule has 0 bridgehead atoms. The van der Waals surface area contributed by atoms with E-state index in [1.54, 1.807) is 6.08 Å². The number of fused-ring (bicyclic) bond motifs is 3. The summed E-state index contributed by atoms with van der Waals surface area (Å²) in [6.45, 7) is 4.21. The predicted molar refractivity (Wildman–Crippen MR) is 141 cm³/mol. The Bertz CT molecular complexity index is 1250. The van der Waals surface area contributed by atoms with Crippen LogP contribution in [0, 0.1) is 0 Å². The van der Waals surface area contributed by atoms with Crippen LogP contribution in [0.5, 0.6) is 5.75 Å². The van der Waals surface area contributed by atoms with Gasteiger partial charge >= 0.3 is 0 Å². The van der Waals surface area contributed by atoms with E-state index < -0.39 is 12.2 Å². The number of para-hydroxylation sites is 1. The zero-order chi connectivity index (χ0) is 23.5. The third kappa shape index (κ3) is 4.56. The average molecular weight is 535 g/mol. The number of nitrogens with zero attached hydrogens (tertiary/aromatic N) is 2. The second-order valence-electron chi connectivity index (χ2n) is 7.87. The van der Waals surface area contributed by atoms with E-state index in [2.05, 4.69) is 33.1 Å². The van der Waals surface area contributed by atoms with Gasteiger partial charge in [-0.25, -0.2) is 0 Å². The van der Waals surface area contributed by atoms with Gasteiger partial charge < -0.3 is 15.4 Å². The first-order chi connectivity index (χ1) is 16.6. The quantitative estimate of drug-likeness (QED) is 0.390. The van der Waals surface area contributed by atoms with Crippen molar-refractivity contribution < 1.29 is 9.53 Å². The molecular formula is C26H23BrN4O2S. The Morgan fingerprint density at radius 2 is 1.88 bits per heavy atom. The number of anilines is 1. The van der Waals surface area contributed by atoms with Gasteiger partial charge in [-0.2, -0.15) is 0 Å². The Kier molecular flexibility index (Phi) is 6.60. The fraction of sp³-hybridized carbons (Fsp3) is 0.154. The Morgan fingerprint density at radius 1 is 1.09 bits per heavy atom. The van der Waals surface area contributed by atoms with Crippen LogP contribution in [0.3, 0.4) is 0 Å². The number of halogens is 1. The highest BCUT2D eigenvalue weighted by Crippen LogP contribution is 2.45. The zero-order valence-electron chi connectivity index (χ0n) is 18.3. The van der Waals surface area contributed by atoms with Crippen molar-refractivity contribution in [1.29, 1.82) is 0 Å². The lowest BCUT2D eigenvalue weighted by Crippen LogP contribution is -2.51. The van der Waals surface area contributed by atoms with Crippen molar-refractivity contribution in [3.8, 4) is 5.75 Å². The van der Waals surface area contributed by atoms with Crippen molar-refractivity contribution in [2.45, 2.75) is 18.8 Å². The average Bonchev–Trinajstić information content (AvgIpc) is 2.86. The minimum absolute atomic E-state index is 0.109. The summed E-state index contributed by atoms with van der Waals surface area (Å²) in [6, 6.07) is 23.2. The molecular weight excluding hydrogens is 512 g/mol. The molecule has 34 heavy (non-hydrogen) atoms. The number of hydrogen-bond acceptors (Lipinski definition) is 6. The maximum Gasteiger partial charge on any atom is 0.255 e. The number of hydrogen-bond donors (Lipinski definition) is 2. The predicted octanol–water partition coefficient (Wildman–Crippen LogP) is 5.82. The van der Waals surface area contributed by atoms with Gasteiger partial charge in [-0.1, -0.05) is 82.3 Å². The molecule has 1 amide bonds. The third-order valence-corrected chi connectivity index (χ3v) is 6.96. The Hall–Kier alpha value is -3.23. The van der Waals surface area contributed by atoms with Gasteiger partial charge in [0, 0.05) is 27.0 Å². The first kappa shape index (κ1) is 22.6. The number of carbonyl (C=O) groups is 1. The van der Waals surface area contributed by atoms with Crippen molar-refractivity contribution >= 4 is 44.5 Å². The summed E-state index contributed by atoms with van der Waals surface area (Å²) in [6.07, 6.45) is 1.38. The van der Waals surface area contributed by atoms with E-state index in [4.69, 9.17) is 9.84 Å². The van der Waals surface area contributed by atoms with Crippen molar-refractivity contribution in [2.75, 3.05) is 11.1 Å². The number of benzene rings is 3. The van der Waals surface area contributed by atoms with Gasteiger partial charge in [-0.05, 0) is 29.8 Å². The van der Waals surface area contributed by atoms with Gasteiger partial charge in [0.1, 0.15) is 18.5 Å². The number of ether oxygens (including phenoxy) is 1. The van der Waals surface area contributed by atoms with Crippen LogP contribution in [0.2, 0.25) is 0 Å². The normalized spacial score (nSPS) is 18.7. The standard InChI is InChI=1S/C26H23BrN4O2S/c1-2-14-34-26-29-25(32)23-19-10-6-7-11-21(19)28-24(31(23)30-26)20-15-18(27)12-13-22(20)33-16-17-8-4-3-5-9-17/h2-13,15,23-24,28H,1,14,16H2,(H,29,30,32)/t23-,24+/m0/s1. The van der Waals surface area contributed by atoms with E-state index in [0.29, 0.717) is 17.5 Å². The molecule has 2 N–H and O–H groups in total. The van der Waals surface area contributed by atoms with Crippen molar-refractivity contribution in [3.05, 3.63) is 107 Å². The van der Waals surface area contributed by atoms with Gasteiger partial charge in [-0.15, -0.1) is 11.7 Å². The van der Waals surface area contributed by atoms with Crippen LogP contribution in [0.25, 0.3) is 0 Å². The van der Waals surface area contributed by atoms with Crippen molar-refractivity contribution in [1.82, 2.24) is 10.3 Å². The Morgan fingerprint density at radius 3 is 2.71 bits per heavy atom. The minimum Gasteiger partial charge on any atom is -0.488 e. The fourth-order valence-corrected chi connectivity index (χ4v) is 5.05. The van der Waals surface area contributed by atoms with Gasteiger partial charge in [0.05, 0.1) is 0 Å². The van der Waals surface area contributed by atoms with Crippen LogP contribution in [0.1, 0.15) is 28.9 Å². The number of amidine groups is 1. The first-order valence-electron chi connectivity index (χ1n) is 10.9. The summed E-state index contributed by atoms with van der Waals surface area (Å²) in [7, 11) is 0. The lowest BCUT2D eigenvalue weighted by molar-refractivity contribution is -0.127. The topological polar surface area (TPSA) is 66.0 Å². The van der Waals surface area contributed by atoms with Crippen LogP contribution in [-0.4, -0.2) is 21.8 Å². The van der Waals surface area contributed by atoms with Crippen molar-refractivity contribution in [3.63, 3.8) is 0 Å². The highest BCUT2D eigenvalue weighted by molar-refractivity contribution is 9.10. The number of amides is 1. The molecule has 0 aromatic heterocycles. The van der Waals surface area contributed by atoms with E-state index in [-0.39, 0.29) is 5.91 Å². The third-order valence-electron chi connectivity index (χ3n) is 5.60. The SMILES string of the molecule is C=CCSC1=NN2[C@H](C(=O)N1)c1ccccc1N[C@H]2c1cc(Br)ccc1OCc1ccccc1. The molecule has 0 saturated carbocycles. The van der Waals surface area contributed by atoms with Gasteiger partial charge in [0.25, 0.3) is 5.91 Å². The van der Waals surface area contributed by atoms with Crippen LogP contribution < -0.4 is 15.4 Å². The highest BCUT2D eigenvalue weighted by atomic mass is 79.9. The maximum absolute atomic E-state index is 13.3. The largest absolute Gasteiger partial charge is 0.488 e. The maximum atomic E-state index is 13.3. The molecule has 0 aliphatic carbocycles. The molecule has 2 aliphatic rings. The number of nitrogens with one attached hydrogen (secondary N) is 2. The summed E-state index contributed by atoms with van der Waals surface area (Å²) in [5.74, 6) is 1.26. The molecule has 172 valence electrons. The molecule has 0 saturated heterocycles. The van der Waals surface area contributed by atoms with Crippen LogP contribution >= 0.6 is 27.7 Å². The number of rotatable bonds is 6. The smallest absolute Gasteiger partial charge is 0.255 e. The van der Waals surface area contributed by atoms with E-state index in [1.807, 2.05) is 77.8 Å². The summed E-state index contributed by atoms with van der Waals surface area (Å²) in [5, 5.41) is 13.8. The molecule has 2 heterocycles. The lowest BCUT2D eigenvalue weighted by atomic mass is 9.97. The molecule has 8 heteroatoms. The Labute approximate surface area is 211 Å². The van der Waals surface area contributed by atoms with Gasteiger partial charge in [0.15, 0.2) is 11.2 Å². The summed E-state index contributed by atoms with van der Waals surface area (Å²) >= 11 is 5.04. The Balaban J connectivity index is 1.56. The summed E-state index contributed by atoms with van der Waals surface area (Å²) in [4.78, 5) is 13.3. The molecule has 2 atom stereocenters. The minimum atomic E-state index is -0.559. The van der Waals surface area contributed by atoms with E-state index in [1.165, 1.54) is 11.8 Å².